The summed E-state index contributed by atoms with van der Waals surface area (Å²) in [4.78, 5) is 14.6. The molecule has 1 saturated carbocycles. The monoisotopic (exact) mass is 386 g/mol. The van der Waals surface area contributed by atoms with Crippen molar-refractivity contribution in [1.29, 1.82) is 0 Å². The lowest BCUT2D eigenvalue weighted by molar-refractivity contribution is -0.383. The molecule has 0 spiro atoms. The summed E-state index contributed by atoms with van der Waals surface area (Å²) in [6.45, 7) is 0. The molecule has 1 aromatic heterocycles. The number of rotatable bonds is 4. The molecule has 136 valence electrons. The van der Waals surface area contributed by atoms with Gasteiger partial charge in [0.05, 0.1) is 15.8 Å². The standard InChI is InChI=1S/C15H18N4O4S.ClH/c16-10-3-5-11(6-4-10)18-24(22,23)14-8-7-13(19(20)21)12-2-1-9-17-15(12)14;/h1-2,7-11,18H,3-6,16H2;1H. The molecule has 3 N–H and O–H groups in total. The molecular formula is C15H19ClN4O4S. The van der Waals surface area contributed by atoms with Crippen LogP contribution in [0.5, 0.6) is 0 Å². The lowest BCUT2D eigenvalue weighted by Gasteiger charge is -2.26. The minimum Gasteiger partial charge on any atom is -0.328 e. The van der Waals surface area contributed by atoms with Crippen LogP contribution in [-0.2, 0) is 10.0 Å². The van der Waals surface area contributed by atoms with Crippen molar-refractivity contribution in [3.63, 3.8) is 0 Å². The van der Waals surface area contributed by atoms with Gasteiger partial charge in [0.25, 0.3) is 5.69 Å². The number of halogens is 1. The molecule has 0 atom stereocenters. The van der Waals surface area contributed by atoms with Gasteiger partial charge in [-0.1, -0.05) is 0 Å². The summed E-state index contributed by atoms with van der Waals surface area (Å²) >= 11 is 0. The normalized spacial score (nSPS) is 20.8. The van der Waals surface area contributed by atoms with Crippen molar-refractivity contribution in [2.75, 3.05) is 0 Å². The molecule has 1 aromatic carbocycles. The number of benzene rings is 1. The smallest absolute Gasteiger partial charge is 0.278 e. The molecule has 1 aliphatic rings. The number of aromatic nitrogens is 1. The van der Waals surface area contributed by atoms with Gasteiger partial charge in [0.1, 0.15) is 4.90 Å². The van der Waals surface area contributed by atoms with Crippen LogP contribution in [0.4, 0.5) is 5.69 Å². The topological polar surface area (TPSA) is 128 Å². The van der Waals surface area contributed by atoms with E-state index in [0.29, 0.717) is 12.8 Å². The zero-order chi connectivity index (χ0) is 17.3. The van der Waals surface area contributed by atoms with E-state index in [0.717, 1.165) is 12.8 Å². The van der Waals surface area contributed by atoms with E-state index in [9.17, 15) is 18.5 Å². The second-order valence-electron chi connectivity index (χ2n) is 5.97. The fraction of sp³-hybridized carbons (Fsp3) is 0.400. The molecule has 0 radical (unpaired) electrons. The Morgan fingerprint density at radius 2 is 1.88 bits per heavy atom. The molecule has 0 amide bonds. The van der Waals surface area contributed by atoms with E-state index in [1.54, 1.807) is 6.07 Å². The van der Waals surface area contributed by atoms with E-state index in [2.05, 4.69) is 9.71 Å². The SMILES string of the molecule is Cl.NC1CCC(NS(=O)(=O)c2ccc([N+](=O)[O-])c3cccnc23)CC1. The summed E-state index contributed by atoms with van der Waals surface area (Å²) in [5.41, 5.74) is 5.78. The van der Waals surface area contributed by atoms with Gasteiger partial charge in [-0.3, -0.25) is 15.1 Å². The van der Waals surface area contributed by atoms with Crippen LogP contribution in [0.1, 0.15) is 25.7 Å². The molecule has 1 aliphatic carbocycles. The number of fused-ring (bicyclic) bond motifs is 1. The zero-order valence-electron chi connectivity index (χ0n) is 13.3. The Morgan fingerprint density at radius 3 is 2.52 bits per heavy atom. The van der Waals surface area contributed by atoms with Crippen LogP contribution in [0.3, 0.4) is 0 Å². The first kappa shape index (κ1) is 19.5. The number of nitro benzene ring substituents is 1. The van der Waals surface area contributed by atoms with E-state index in [1.807, 2.05) is 0 Å². The molecule has 0 unspecified atom stereocenters. The lowest BCUT2D eigenvalue weighted by Crippen LogP contribution is -2.40. The first-order chi connectivity index (χ1) is 11.4. The van der Waals surface area contributed by atoms with E-state index < -0.39 is 14.9 Å². The molecule has 8 nitrogen and oxygen atoms in total. The Bertz CT molecular complexity index is 882. The number of nitrogens with two attached hydrogens (primary N) is 1. The Morgan fingerprint density at radius 1 is 1.20 bits per heavy atom. The van der Waals surface area contributed by atoms with Crippen molar-refractivity contribution < 1.29 is 13.3 Å². The van der Waals surface area contributed by atoms with Gasteiger partial charge in [-0.25, -0.2) is 13.1 Å². The van der Waals surface area contributed by atoms with Crippen molar-refractivity contribution in [2.24, 2.45) is 5.73 Å². The fourth-order valence-electron chi connectivity index (χ4n) is 3.03. The van der Waals surface area contributed by atoms with Gasteiger partial charge in [0.2, 0.25) is 10.0 Å². The summed E-state index contributed by atoms with van der Waals surface area (Å²) in [6.07, 6.45) is 4.32. The van der Waals surface area contributed by atoms with Gasteiger partial charge in [-0.15, -0.1) is 12.4 Å². The predicted molar refractivity (Wildman–Crippen MR) is 96.2 cm³/mol. The number of hydrogen-bond acceptors (Lipinski definition) is 6. The molecule has 0 saturated heterocycles. The maximum atomic E-state index is 12.7. The van der Waals surface area contributed by atoms with Crippen molar-refractivity contribution in [1.82, 2.24) is 9.71 Å². The molecular weight excluding hydrogens is 368 g/mol. The molecule has 1 heterocycles. The van der Waals surface area contributed by atoms with Crippen LogP contribution in [0, 0.1) is 10.1 Å². The van der Waals surface area contributed by atoms with Crippen LogP contribution >= 0.6 is 12.4 Å². The minimum atomic E-state index is -3.82. The van der Waals surface area contributed by atoms with Crippen LogP contribution in [-0.4, -0.2) is 30.4 Å². The molecule has 0 bridgehead atoms. The van der Waals surface area contributed by atoms with E-state index in [-0.39, 0.29) is 46.0 Å². The van der Waals surface area contributed by atoms with Crippen LogP contribution in [0.15, 0.2) is 35.4 Å². The fourth-order valence-corrected chi connectivity index (χ4v) is 4.49. The Labute approximate surface area is 151 Å². The molecule has 25 heavy (non-hydrogen) atoms. The molecule has 3 rings (SSSR count). The third-order valence-electron chi connectivity index (χ3n) is 4.29. The van der Waals surface area contributed by atoms with Gasteiger partial charge in [-0.2, -0.15) is 0 Å². The zero-order valence-corrected chi connectivity index (χ0v) is 14.9. The van der Waals surface area contributed by atoms with Crippen molar-refractivity contribution in [2.45, 2.75) is 42.7 Å². The number of hydrogen-bond donors (Lipinski definition) is 2. The lowest BCUT2D eigenvalue weighted by atomic mass is 9.93. The van der Waals surface area contributed by atoms with Crippen molar-refractivity contribution in [3.8, 4) is 0 Å². The van der Waals surface area contributed by atoms with E-state index in [4.69, 9.17) is 5.73 Å². The Hall–Kier alpha value is -1.81. The van der Waals surface area contributed by atoms with Crippen LogP contribution < -0.4 is 10.5 Å². The third-order valence-corrected chi connectivity index (χ3v) is 5.84. The summed E-state index contributed by atoms with van der Waals surface area (Å²) in [7, 11) is -3.82. The summed E-state index contributed by atoms with van der Waals surface area (Å²) < 4.78 is 28.1. The van der Waals surface area contributed by atoms with Gasteiger partial charge >= 0.3 is 0 Å². The minimum absolute atomic E-state index is 0. The number of nitro groups is 1. The van der Waals surface area contributed by atoms with Gasteiger partial charge < -0.3 is 5.73 Å². The molecule has 2 aromatic rings. The highest BCUT2D eigenvalue weighted by Crippen LogP contribution is 2.30. The number of nitrogens with one attached hydrogen (secondary N) is 1. The molecule has 1 fully saturated rings. The highest BCUT2D eigenvalue weighted by atomic mass is 35.5. The number of nitrogens with zero attached hydrogens (tertiary/aromatic N) is 2. The van der Waals surface area contributed by atoms with Crippen LogP contribution in [0.2, 0.25) is 0 Å². The Balaban J connectivity index is 0.00000225. The number of pyridine rings is 1. The highest BCUT2D eigenvalue weighted by molar-refractivity contribution is 7.89. The second kappa shape index (κ2) is 7.61. The summed E-state index contributed by atoms with van der Waals surface area (Å²) in [5.74, 6) is 0. The highest BCUT2D eigenvalue weighted by Gasteiger charge is 2.27. The average molecular weight is 387 g/mol. The quantitative estimate of drug-likeness (QED) is 0.611. The number of sulfonamides is 1. The summed E-state index contributed by atoms with van der Waals surface area (Å²) in [6, 6.07) is 5.43. The second-order valence-corrected chi connectivity index (χ2v) is 7.65. The average Bonchev–Trinajstić information content (AvgIpc) is 2.55. The summed E-state index contributed by atoms with van der Waals surface area (Å²) in [5, 5.41) is 11.3. The van der Waals surface area contributed by atoms with Gasteiger partial charge in [-0.05, 0) is 43.9 Å². The van der Waals surface area contributed by atoms with E-state index in [1.165, 1.54) is 24.4 Å². The maximum Gasteiger partial charge on any atom is 0.278 e. The molecule has 10 heteroatoms. The Kier molecular flexibility index (Phi) is 5.94. The van der Waals surface area contributed by atoms with Crippen molar-refractivity contribution in [3.05, 3.63) is 40.6 Å². The third kappa shape index (κ3) is 4.06. The van der Waals surface area contributed by atoms with Gasteiger partial charge in [0.15, 0.2) is 0 Å². The van der Waals surface area contributed by atoms with E-state index >= 15 is 0 Å². The predicted octanol–water partition coefficient (Wildman–Crippen LogP) is 2.11. The largest absolute Gasteiger partial charge is 0.328 e. The number of non-ortho nitro benzene ring substituents is 1. The maximum absolute atomic E-state index is 12.7. The first-order valence-electron chi connectivity index (χ1n) is 7.68. The van der Waals surface area contributed by atoms with Crippen molar-refractivity contribution >= 4 is 39.0 Å². The van der Waals surface area contributed by atoms with Gasteiger partial charge in [0, 0.05) is 24.3 Å². The molecule has 0 aliphatic heterocycles. The van der Waals surface area contributed by atoms with Crippen LogP contribution in [0.25, 0.3) is 10.9 Å². The first-order valence-corrected chi connectivity index (χ1v) is 9.17.